The van der Waals surface area contributed by atoms with E-state index in [2.05, 4.69) is 21.7 Å². The predicted molar refractivity (Wildman–Crippen MR) is 95.7 cm³/mol. The number of allylic oxidation sites excluding steroid dienone is 1. The SMILES string of the molecule is CCOc1ccc(NC(=NC)NCCC2=CCCC2)cc1OC. The van der Waals surface area contributed by atoms with Crippen LogP contribution in [0.25, 0.3) is 0 Å². The molecule has 0 saturated carbocycles. The van der Waals surface area contributed by atoms with Crippen molar-refractivity contribution in [2.24, 2.45) is 4.99 Å². The normalized spacial score (nSPS) is 14.4. The fraction of sp³-hybridized carbons (Fsp3) is 0.500. The number of ether oxygens (including phenoxy) is 2. The van der Waals surface area contributed by atoms with Gasteiger partial charge in [-0.1, -0.05) is 11.6 Å². The minimum absolute atomic E-state index is 0.613. The van der Waals surface area contributed by atoms with Crippen molar-refractivity contribution in [2.75, 3.05) is 32.6 Å². The first-order valence-electron chi connectivity index (χ1n) is 8.23. The van der Waals surface area contributed by atoms with Crippen LogP contribution in [-0.2, 0) is 0 Å². The van der Waals surface area contributed by atoms with E-state index in [4.69, 9.17) is 9.47 Å². The highest BCUT2D eigenvalue weighted by Gasteiger charge is 2.08. The standard InChI is InChI=1S/C18H27N3O2/c1-4-23-16-10-9-15(13-17(16)22-3)21-18(19-2)20-12-11-14-7-5-6-8-14/h7,9-10,13H,4-6,8,11-12H2,1-3H3,(H2,19,20,21). The molecule has 1 aliphatic rings. The van der Waals surface area contributed by atoms with Crippen molar-refractivity contribution in [1.82, 2.24) is 5.32 Å². The molecule has 0 atom stereocenters. The molecule has 0 aliphatic heterocycles. The molecule has 2 N–H and O–H groups in total. The van der Waals surface area contributed by atoms with E-state index >= 15 is 0 Å². The van der Waals surface area contributed by atoms with E-state index < -0.39 is 0 Å². The summed E-state index contributed by atoms with van der Waals surface area (Å²) in [7, 11) is 3.42. The first-order chi connectivity index (χ1) is 11.3. The van der Waals surface area contributed by atoms with Gasteiger partial charge in [-0.3, -0.25) is 4.99 Å². The first kappa shape index (κ1) is 17.2. The lowest BCUT2D eigenvalue weighted by molar-refractivity contribution is 0.311. The molecule has 0 spiro atoms. The quantitative estimate of drug-likeness (QED) is 0.458. The van der Waals surface area contributed by atoms with E-state index in [0.29, 0.717) is 12.4 Å². The molecule has 0 heterocycles. The number of hydrogen-bond donors (Lipinski definition) is 2. The lowest BCUT2D eigenvalue weighted by Crippen LogP contribution is -2.31. The van der Waals surface area contributed by atoms with Crippen LogP contribution in [0.15, 0.2) is 34.8 Å². The summed E-state index contributed by atoms with van der Waals surface area (Å²) >= 11 is 0. The number of methoxy groups -OCH3 is 1. The Kier molecular flexibility index (Phi) is 6.78. The predicted octanol–water partition coefficient (Wildman–Crippen LogP) is 3.58. The van der Waals surface area contributed by atoms with E-state index in [0.717, 1.165) is 30.4 Å². The maximum atomic E-state index is 5.53. The highest BCUT2D eigenvalue weighted by molar-refractivity contribution is 5.93. The van der Waals surface area contributed by atoms with Crippen LogP contribution in [0.3, 0.4) is 0 Å². The number of guanidine groups is 1. The van der Waals surface area contributed by atoms with Crippen LogP contribution < -0.4 is 20.1 Å². The molecule has 0 saturated heterocycles. The van der Waals surface area contributed by atoms with Gasteiger partial charge in [0.25, 0.3) is 0 Å². The van der Waals surface area contributed by atoms with Gasteiger partial charge in [-0.2, -0.15) is 0 Å². The molecule has 5 heteroatoms. The van der Waals surface area contributed by atoms with Gasteiger partial charge in [-0.15, -0.1) is 0 Å². The molecule has 1 aliphatic carbocycles. The Hall–Kier alpha value is -2.17. The zero-order valence-corrected chi connectivity index (χ0v) is 14.3. The van der Waals surface area contributed by atoms with Gasteiger partial charge in [-0.05, 0) is 44.7 Å². The van der Waals surface area contributed by atoms with Crippen molar-refractivity contribution in [3.05, 3.63) is 29.8 Å². The fourth-order valence-electron chi connectivity index (χ4n) is 2.64. The first-order valence-corrected chi connectivity index (χ1v) is 8.23. The Morgan fingerprint density at radius 2 is 2.17 bits per heavy atom. The van der Waals surface area contributed by atoms with Gasteiger partial charge in [0.15, 0.2) is 17.5 Å². The van der Waals surface area contributed by atoms with Gasteiger partial charge in [0.1, 0.15) is 0 Å². The van der Waals surface area contributed by atoms with Crippen LogP contribution in [0, 0.1) is 0 Å². The zero-order chi connectivity index (χ0) is 16.5. The van der Waals surface area contributed by atoms with Crippen molar-refractivity contribution in [3.8, 4) is 11.5 Å². The number of nitrogens with zero attached hydrogens (tertiary/aromatic N) is 1. The van der Waals surface area contributed by atoms with Gasteiger partial charge in [0.2, 0.25) is 0 Å². The summed E-state index contributed by atoms with van der Waals surface area (Å²) in [6, 6.07) is 5.78. The average Bonchev–Trinajstić information content (AvgIpc) is 3.08. The van der Waals surface area contributed by atoms with E-state index in [-0.39, 0.29) is 0 Å². The van der Waals surface area contributed by atoms with Crippen LogP contribution in [0.1, 0.15) is 32.6 Å². The second kappa shape index (κ2) is 9.08. The van der Waals surface area contributed by atoms with E-state index in [1.807, 2.05) is 25.1 Å². The summed E-state index contributed by atoms with van der Waals surface area (Å²) in [5.74, 6) is 2.22. The molecule has 0 aromatic heterocycles. The molecule has 0 fully saturated rings. The monoisotopic (exact) mass is 317 g/mol. The van der Waals surface area contributed by atoms with E-state index in [1.54, 1.807) is 19.7 Å². The maximum Gasteiger partial charge on any atom is 0.195 e. The van der Waals surface area contributed by atoms with Crippen LogP contribution in [0.5, 0.6) is 11.5 Å². The lowest BCUT2D eigenvalue weighted by Gasteiger charge is -2.14. The van der Waals surface area contributed by atoms with Gasteiger partial charge >= 0.3 is 0 Å². The third kappa shape index (κ3) is 5.20. The lowest BCUT2D eigenvalue weighted by atomic mass is 10.2. The summed E-state index contributed by atoms with van der Waals surface area (Å²) in [5.41, 5.74) is 2.47. The Balaban J connectivity index is 1.90. The highest BCUT2D eigenvalue weighted by atomic mass is 16.5. The van der Waals surface area contributed by atoms with Gasteiger partial charge in [-0.25, -0.2) is 0 Å². The van der Waals surface area contributed by atoms with Crippen LogP contribution in [0.2, 0.25) is 0 Å². The number of aliphatic imine (C=N–C) groups is 1. The fourth-order valence-corrected chi connectivity index (χ4v) is 2.64. The molecule has 1 aromatic carbocycles. The number of benzene rings is 1. The summed E-state index contributed by atoms with van der Waals surface area (Å²) in [5, 5.41) is 6.63. The van der Waals surface area contributed by atoms with Crippen LogP contribution in [0.4, 0.5) is 5.69 Å². The van der Waals surface area contributed by atoms with E-state index in [9.17, 15) is 0 Å². The molecule has 0 unspecified atom stereocenters. The molecule has 0 amide bonds. The zero-order valence-electron chi connectivity index (χ0n) is 14.3. The number of rotatable bonds is 7. The second-order valence-electron chi connectivity index (χ2n) is 5.43. The summed E-state index contributed by atoms with van der Waals surface area (Å²) < 4.78 is 10.9. The number of anilines is 1. The van der Waals surface area contributed by atoms with Crippen LogP contribution >= 0.6 is 0 Å². The third-order valence-electron chi connectivity index (χ3n) is 3.82. The summed E-state index contributed by atoms with van der Waals surface area (Å²) in [6.07, 6.45) is 7.20. The Labute approximate surface area is 138 Å². The van der Waals surface area contributed by atoms with Gasteiger partial charge < -0.3 is 20.1 Å². The Bertz CT molecular complexity index is 567. The second-order valence-corrected chi connectivity index (χ2v) is 5.43. The molecule has 1 aromatic rings. The minimum Gasteiger partial charge on any atom is -0.493 e. The van der Waals surface area contributed by atoms with E-state index in [1.165, 1.54) is 19.3 Å². The van der Waals surface area contributed by atoms with Crippen molar-refractivity contribution in [2.45, 2.75) is 32.6 Å². The Morgan fingerprint density at radius 1 is 1.30 bits per heavy atom. The van der Waals surface area contributed by atoms with Gasteiger partial charge in [0, 0.05) is 25.3 Å². The molecule has 126 valence electrons. The number of nitrogens with one attached hydrogen (secondary N) is 2. The summed E-state index contributed by atoms with van der Waals surface area (Å²) in [4.78, 5) is 4.26. The summed E-state index contributed by atoms with van der Waals surface area (Å²) in [6.45, 7) is 3.46. The molecular weight excluding hydrogens is 290 g/mol. The smallest absolute Gasteiger partial charge is 0.195 e. The van der Waals surface area contributed by atoms with Crippen molar-refractivity contribution in [1.29, 1.82) is 0 Å². The maximum absolute atomic E-state index is 5.53. The molecule has 2 rings (SSSR count). The Morgan fingerprint density at radius 3 is 2.83 bits per heavy atom. The molecule has 23 heavy (non-hydrogen) atoms. The number of hydrogen-bond acceptors (Lipinski definition) is 3. The topological polar surface area (TPSA) is 54.9 Å². The molecule has 0 bridgehead atoms. The van der Waals surface area contributed by atoms with Crippen molar-refractivity contribution >= 4 is 11.6 Å². The largest absolute Gasteiger partial charge is 0.493 e. The van der Waals surface area contributed by atoms with Gasteiger partial charge in [0.05, 0.1) is 13.7 Å². The van der Waals surface area contributed by atoms with Crippen LogP contribution in [-0.4, -0.2) is 33.3 Å². The molecular formula is C18H27N3O2. The molecule has 5 nitrogen and oxygen atoms in total. The van der Waals surface area contributed by atoms with Crippen molar-refractivity contribution < 1.29 is 9.47 Å². The third-order valence-corrected chi connectivity index (χ3v) is 3.82. The highest BCUT2D eigenvalue weighted by Crippen LogP contribution is 2.30. The minimum atomic E-state index is 0.613. The van der Waals surface area contributed by atoms with Crippen molar-refractivity contribution in [3.63, 3.8) is 0 Å². The molecule has 0 radical (unpaired) electrons. The average molecular weight is 317 g/mol.